The molecular formula is C25H23F3N2O3. The first-order valence-electron chi connectivity index (χ1n) is 10.6. The average molecular weight is 456 g/mol. The summed E-state index contributed by atoms with van der Waals surface area (Å²) in [6.07, 6.45) is -2.74. The highest BCUT2D eigenvalue weighted by atomic mass is 19.4. The van der Waals surface area contributed by atoms with Gasteiger partial charge in [-0.05, 0) is 72.4 Å². The van der Waals surface area contributed by atoms with Gasteiger partial charge in [0, 0.05) is 24.8 Å². The molecule has 2 heterocycles. The fourth-order valence-corrected chi connectivity index (χ4v) is 3.97. The second-order valence-corrected chi connectivity index (χ2v) is 8.08. The minimum atomic E-state index is -4.49. The average Bonchev–Trinajstić information content (AvgIpc) is 2.99. The Morgan fingerprint density at radius 3 is 2.52 bits per heavy atom. The third-order valence-corrected chi connectivity index (χ3v) is 5.74. The number of hydrogen-bond donors (Lipinski definition) is 1. The van der Waals surface area contributed by atoms with E-state index in [1.807, 2.05) is 31.2 Å². The summed E-state index contributed by atoms with van der Waals surface area (Å²) in [6, 6.07) is 12.6. The number of halogens is 3. The van der Waals surface area contributed by atoms with Crippen molar-refractivity contribution in [2.45, 2.75) is 32.5 Å². The van der Waals surface area contributed by atoms with Crippen molar-refractivity contribution in [1.82, 2.24) is 9.88 Å². The lowest BCUT2D eigenvalue weighted by Crippen LogP contribution is -2.31. The quantitative estimate of drug-likeness (QED) is 0.544. The number of aryl methyl sites for hydroxylation is 1. The van der Waals surface area contributed by atoms with Gasteiger partial charge in [-0.25, -0.2) is 4.79 Å². The number of amides is 1. The number of pyridine rings is 1. The lowest BCUT2D eigenvalue weighted by molar-refractivity contribution is -0.137. The van der Waals surface area contributed by atoms with Gasteiger partial charge in [-0.3, -0.25) is 4.98 Å². The molecule has 1 aliphatic heterocycles. The van der Waals surface area contributed by atoms with Crippen LogP contribution in [0.5, 0.6) is 5.75 Å². The van der Waals surface area contributed by atoms with Crippen molar-refractivity contribution in [1.29, 1.82) is 0 Å². The Bertz CT molecular complexity index is 1180. The molecule has 3 aromatic rings. The van der Waals surface area contributed by atoms with Gasteiger partial charge in [0.25, 0.3) is 0 Å². The molecule has 4 rings (SSSR count). The van der Waals surface area contributed by atoms with Gasteiger partial charge in [-0.1, -0.05) is 18.2 Å². The van der Waals surface area contributed by atoms with Gasteiger partial charge in [0.2, 0.25) is 0 Å². The Morgan fingerprint density at radius 1 is 1.06 bits per heavy atom. The second-order valence-electron chi connectivity index (χ2n) is 8.08. The normalized spacial score (nSPS) is 13.9. The van der Waals surface area contributed by atoms with Crippen LogP contribution in [0, 0.1) is 6.92 Å². The zero-order valence-electron chi connectivity index (χ0n) is 18.0. The molecule has 1 aliphatic rings. The minimum absolute atomic E-state index is 0.124. The van der Waals surface area contributed by atoms with Gasteiger partial charge in [0.05, 0.1) is 11.3 Å². The highest BCUT2D eigenvalue weighted by Crippen LogP contribution is 2.38. The summed E-state index contributed by atoms with van der Waals surface area (Å²) in [7, 11) is 0. The third-order valence-electron chi connectivity index (χ3n) is 5.74. The fourth-order valence-electron chi connectivity index (χ4n) is 3.97. The smallest absolute Gasteiger partial charge is 0.416 e. The predicted octanol–water partition coefficient (Wildman–Crippen LogP) is 5.73. The van der Waals surface area contributed by atoms with Gasteiger partial charge < -0.3 is 14.7 Å². The van der Waals surface area contributed by atoms with E-state index in [-0.39, 0.29) is 6.61 Å². The van der Waals surface area contributed by atoms with Crippen LogP contribution in [0.3, 0.4) is 0 Å². The van der Waals surface area contributed by atoms with Gasteiger partial charge >= 0.3 is 12.3 Å². The Labute approximate surface area is 189 Å². The Kier molecular flexibility index (Phi) is 6.26. The van der Waals surface area contributed by atoms with Gasteiger partial charge in [0.1, 0.15) is 12.4 Å². The maximum absolute atomic E-state index is 13.4. The lowest BCUT2D eigenvalue weighted by atomic mass is 9.95. The second kappa shape index (κ2) is 9.13. The molecule has 0 bridgehead atoms. The van der Waals surface area contributed by atoms with E-state index in [1.165, 1.54) is 11.0 Å². The Morgan fingerprint density at radius 2 is 1.82 bits per heavy atom. The minimum Gasteiger partial charge on any atom is -0.487 e. The molecule has 0 saturated heterocycles. The van der Waals surface area contributed by atoms with Crippen molar-refractivity contribution in [2.24, 2.45) is 0 Å². The maximum Gasteiger partial charge on any atom is 0.416 e. The standard InChI is InChI=1S/C25H23F3N2O3/c1-16-6-9-29-21(12-16)15-33-23-5-4-20(25(26,27)28)14-22(23)19-3-2-17-7-10-30(24(31)32)11-8-18(17)13-19/h2-6,9,12-14H,7-8,10-11,15H2,1H3,(H,31,32). The number of fused-ring (bicyclic) bond motifs is 1. The van der Waals surface area contributed by atoms with Crippen molar-refractivity contribution in [3.63, 3.8) is 0 Å². The van der Waals surface area contributed by atoms with Gasteiger partial charge in [-0.2, -0.15) is 13.2 Å². The molecule has 0 saturated carbocycles. The van der Waals surface area contributed by atoms with Crippen molar-refractivity contribution in [3.8, 4) is 16.9 Å². The highest BCUT2D eigenvalue weighted by molar-refractivity contribution is 5.73. The van der Waals surface area contributed by atoms with Crippen LogP contribution in [0.15, 0.2) is 54.7 Å². The monoisotopic (exact) mass is 456 g/mol. The fraction of sp³-hybridized carbons (Fsp3) is 0.280. The molecular weight excluding hydrogens is 433 g/mol. The van der Waals surface area contributed by atoms with E-state index in [1.54, 1.807) is 12.3 Å². The molecule has 0 atom stereocenters. The van der Waals surface area contributed by atoms with Crippen LogP contribution in [-0.2, 0) is 25.6 Å². The first-order chi connectivity index (χ1) is 15.7. The predicted molar refractivity (Wildman–Crippen MR) is 117 cm³/mol. The van der Waals surface area contributed by atoms with Crippen molar-refractivity contribution in [2.75, 3.05) is 13.1 Å². The lowest BCUT2D eigenvalue weighted by Gasteiger charge is -2.16. The van der Waals surface area contributed by atoms with Crippen LogP contribution in [0.4, 0.5) is 18.0 Å². The summed E-state index contributed by atoms with van der Waals surface area (Å²) in [4.78, 5) is 16.9. The molecule has 1 aromatic heterocycles. The maximum atomic E-state index is 13.4. The number of rotatable bonds is 4. The zero-order valence-corrected chi connectivity index (χ0v) is 18.0. The number of benzene rings is 2. The summed E-state index contributed by atoms with van der Waals surface area (Å²) in [5, 5.41) is 9.29. The van der Waals surface area contributed by atoms with Crippen molar-refractivity contribution >= 4 is 6.09 Å². The van der Waals surface area contributed by atoms with E-state index < -0.39 is 17.8 Å². The topological polar surface area (TPSA) is 62.7 Å². The molecule has 1 N–H and O–H groups in total. The van der Waals surface area contributed by atoms with E-state index in [9.17, 15) is 23.1 Å². The van der Waals surface area contributed by atoms with E-state index in [0.717, 1.165) is 28.8 Å². The molecule has 8 heteroatoms. The van der Waals surface area contributed by atoms with Crippen molar-refractivity contribution < 1.29 is 27.8 Å². The van der Waals surface area contributed by atoms with Crippen LogP contribution >= 0.6 is 0 Å². The molecule has 1 amide bonds. The van der Waals surface area contributed by atoms with Crippen LogP contribution < -0.4 is 4.74 Å². The first-order valence-corrected chi connectivity index (χ1v) is 10.6. The highest BCUT2D eigenvalue weighted by Gasteiger charge is 2.31. The molecule has 0 unspecified atom stereocenters. The van der Waals surface area contributed by atoms with Crippen molar-refractivity contribution in [3.05, 3.63) is 82.7 Å². The van der Waals surface area contributed by atoms with Crippen LogP contribution in [0.2, 0.25) is 0 Å². The number of carboxylic acid groups (broad SMARTS) is 1. The number of aromatic nitrogens is 1. The van der Waals surface area contributed by atoms with E-state index >= 15 is 0 Å². The summed E-state index contributed by atoms with van der Waals surface area (Å²) in [5.41, 5.74) is 3.79. The van der Waals surface area contributed by atoms with E-state index in [2.05, 4.69) is 4.98 Å². The Hall–Kier alpha value is -3.55. The molecule has 5 nitrogen and oxygen atoms in total. The third kappa shape index (κ3) is 5.27. The molecule has 0 aliphatic carbocycles. The largest absolute Gasteiger partial charge is 0.487 e. The molecule has 172 valence electrons. The number of ether oxygens (including phenoxy) is 1. The molecule has 0 fully saturated rings. The zero-order chi connectivity index (χ0) is 23.6. The molecule has 2 aromatic carbocycles. The Balaban J connectivity index is 1.68. The summed E-state index contributed by atoms with van der Waals surface area (Å²) < 4.78 is 46.2. The molecule has 0 radical (unpaired) electrons. The summed E-state index contributed by atoms with van der Waals surface area (Å²) in [5.74, 6) is 0.326. The number of alkyl halides is 3. The number of carbonyl (C=O) groups is 1. The van der Waals surface area contributed by atoms with Crippen LogP contribution in [0.25, 0.3) is 11.1 Å². The van der Waals surface area contributed by atoms with Gasteiger partial charge in [-0.15, -0.1) is 0 Å². The number of hydrogen-bond acceptors (Lipinski definition) is 3. The summed E-state index contributed by atoms with van der Waals surface area (Å²) >= 11 is 0. The van der Waals surface area contributed by atoms with Crippen LogP contribution in [-0.4, -0.2) is 34.2 Å². The van der Waals surface area contributed by atoms with E-state index in [0.29, 0.717) is 48.5 Å². The SMILES string of the molecule is Cc1ccnc(COc2ccc(C(F)(F)F)cc2-c2ccc3c(c2)CCN(C(=O)O)CC3)c1. The first kappa shape index (κ1) is 22.6. The van der Waals surface area contributed by atoms with Gasteiger partial charge in [0.15, 0.2) is 0 Å². The molecule has 0 spiro atoms. The van der Waals surface area contributed by atoms with Crippen LogP contribution in [0.1, 0.15) is 27.9 Å². The molecule has 33 heavy (non-hydrogen) atoms. The van der Waals surface area contributed by atoms with E-state index in [4.69, 9.17) is 4.74 Å². The number of nitrogens with zero attached hydrogens (tertiary/aromatic N) is 2. The summed E-state index contributed by atoms with van der Waals surface area (Å²) in [6.45, 7) is 2.79.